The highest BCUT2D eigenvalue weighted by atomic mass is 16.1. The molecule has 0 radical (unpaired) electrons. The molecule has 0 saturated carbocycles. The number of nitrogens with two attached hydrogens (primary N) is 1. The Morgan fingerprint density at radius 2 is 1.93 bits per heavy atom. The van der Waals surface area contributed by atoms with Gasteiger partial charge in [-0.1, -0.05) is 20.8 Å². The molecule has 2 unspecified atom stereocenters. The number of primary amides is 1. The summed E-state index contributed by atoms with van der Waals surface area (Å²) in [4.78, 5) is 13.4. The molecule has 0 bridgehead atoms. The molecule has 0 rings (SSSR count). The van der Waals surface area contributed by atoms with Gasteiger partial charge in [0.2, 0.25) is 5.91 Å². The minimum Gasteiger partial charge on any atom is -0.368 e. The molecule has 0 aliphatic rings. The Morgan fingerprint density at radius 3 is 2.27 bits per heavy atom. The van der Waals surface area contributed by atoms with E-state index in [1.165, 1.54) is 0 Å². The fourth-order valence-corrected chi connectivity index (χ4v) is 1.41. The second-order valence-electron chi connectivity index (χ2n) is 4.47. The van der Waals surface area contributed by atoms with Crippen molar-refractivity contribution in [3.05, 3.63) is 0 Å². The van der Waals surface area contributed by atoms with Crippen LogP contribution in [0.4, 0.5) is 0 Å². The number of rotatable bonds is 7. The molecule has 0 fully saturated rings. The van der Waals surface area contributed by atoms with Crippen molar-refractivity contribution in [1.82, 2.24) is 10.2 Å². The lowest BCUT2D eigenvalue weighted by Gasteiger charge is -2.28. The average molecular weight is 215 g/mol. The van der Waals surface area contributed by atoms with Gasteiger partial charge in [0, 0.05) is 18.6 Å². The molecule has 0 spiro atoms. The predicted molar refractivity (Wildman–Crippen MR) is 63.6 cm³/mol. The Balaban J connectivity index is 4.22. The Bertz CT molecular complexity index is 194. The van der Waals surface area contributed by atoms with Crippen LogP contribution in [0.15, 0.2) is 0 Å². The molecular weight excluding hydrogens is 190 g/mol. The van der Waals surface area contributed by atoms with Crippen LogP contribution in [-0.4, -0.2) is 42.5 Å². The second-order valence-corrected chi connectivity index (χ2v) is 4.47. The summed E-state index contributed by atoms with van der Waals surface area (Å²) in [7, 11) is 2.02. The van der Waals surface area contributed by atoms with Gasteiger partial charge in [-0.3, -0.25) is 4.79 Å². The summed E-state index contributed by atoms with van der Waals surface area (Å²) in [5.74, 6) is -0.279. The molecule has 0 aromatic carbocycles. The number of nitrogens with one attached hydrogen (secondary N) is 1. The normalized spacial score (nSPS) is 15.7. The minimum absolute atomic E-state index is 0.260. The lowest BCUT2D eigenvalue weighted by molar-refractivity contribution is -0.120. The van der Waals surface area contributed by atoms with E-state index in [0.717, 1.165) is 6.42 Å². The second kappa shape index (κ2) is 6.80. The van der Waals surface area contributed by atoms with Crippen LogP contribution in [0.1, 0.15) is 34.1 Å². The Morgan fingerprint density at radius 1 is 1.40 bits per heavy atom. The summed E-state index contributed by atoms with van der Waals surface area (Å²) < 4.78 is 0. The molecule has 0 heterocycles. The van der Waals surface area contributed by atoms with E-state index in [2.05, 4.69) is 24.1 Å². The molecule has 0 saturated heterocycles. The first kappa shape index (κ1) is 14.4. The van der Waals surface area contributed by atoms with Gasteiger partial charge in [0.15, 0.2) is 0 Å². The highest BCUT2D eigenvalue weighted by molar-refractivity contribution is 5.80. The number of hydrogen-bond acceptors (Lipinski definition) is 3. The average Bonchev–Trinajstić information content (AvgIpc) is 2.14. The zero-order chi connectivity index (χ0) is 12.0. The Kier molecular flexibility index (Phi) is 6.52. The van der Waals surface area contributed by atoms with E-state index in [1.807, 2.05) is 20.9 Å². The molecule has 4 nitrogen and oxygen atoms in total. The lowest BCUT2D eigenvalue weighted by Crippen LogP contribution is -2.51. The third-order valence-corrected chi connectivity index (χ3v) is 2.69. The largest absolute Gasteiger partial charge is 0.368 e. The topological polar surface area (TPSA) is 58.4 Å². The molecule has 0 aromatic heterocycles. The van der Waals surface area contributed by atoms with Crippen LogP contribution in [0, 0.1) is 0 Å². The van der Waals surface area contributed by atoms with Crippen molar-refractivity contribution < 1.29 is 4.79 Å². The number of amides is 1. The van der Waals surface area contributed by atoms with Gasteiger partial charge in [-0.05, 0) is 20.4 Å². The first-order valence-electron chi connectivity index (χ1n) is 5.64. The highest BCUT2D eigenvalue weighted by Crippen LogP contribution is 2.01. The van der Waals surface area contributed by atoms with Crippen LogP contribution in [0.2, 0.25) is 0 Å². The highest BCUT2D eigenvalue weighted by Gasteiger charge is 2.19. The van der Waals surface area contributed by atoms with Crippen LogP contribution in [-0.2, 0) is 4.79 Å². The SMILES string of the molecule is CCC(C)N(C)CC(NC(C)C)C(N)=O. The first-order chi connectivity index (χ1) is 6.88. The third kappa shape index (κ3) is 5.74. The first-order valence-corrected chi connectivity index (χ1v) is 5.64. The van der Waals surface area contributed by atoms with Crippen LogP contribution in [0.3, 0.4) is 0 Å². The molecule has 4 heteroatoms. The predicted octanol–water partition coefficient (Wildman–Crippen LogP) is 0.569. The van der Waals surface area contributed by atoms with Gasteiger partial charge >= 0.3 is 0 Å². The number of carbonyl (C=O) groups excluding carboxylic acids is 1. The molecule has 0 aromatic rings. The zero-order valence-electron chi connectivity index (χ0n) is 10.6. The Labute approximate surface area is 93.2 Å². The third-order valence-electron chi connectivity index (χ3n) is 2.69. The van der Waals surface area contributed by atoms with Crippen LogP contribution >= 0.6 is 0 Å². The molecule has 0 aliphatic carbocycles. The van der Waals surface area contributed by atoms with Gasteiger partial charge in [-0.25, -0.2) is 0 Å². The summed E-state index contributed by atoms with van der Waals surface area (Å²) in [5, 5.41) is 3.17. The van der Waals surface area contributed by atoms with Gasteiger partial charge in [0.1, 0.15) is 0 Å². The van der Waals surface area contributed by atoms with Gasteiger partial charge in [0.25, 0.3) is 0 Å². The summed E-state index contributed by atoms with van der Waals surface area (Å²) in [6.45, 7) is 8.98. The van der Waals surface area contributed by atoms with E-state index in [1.54, 1.807) is 0 Å². The molecule has 15 heavy (non-hydrogen) atoms. The fraction of sp³-hybridized carbons (Fsp3) is 0.909. The fourth-order valence-electron chi connectivity index (χ4n) is 1.41. The molecule has 2 atom stereocenters. The van der Waals surface area contributed by atoms with Gasteiger partial charge < -0.3 is 16.0 Å². The maximum absolute atomic E-state index is 11.2. The van der Waals surface area contributed by atoms with E-state index >= 15 is 0 Å². The van der Waals surface area contributed by atoms with E-state index < -0.39 is 0 Å². The number of carbonyl (C=O) groups is 1. The number of hydrogen-bond donors (Lipinski definition) is 2. The van der Waals surface area contributed by atoms with E-state index in [0.29, 0.717) is 12.6 Å². The van der Waals surface area contributed by atoms with Crippen molar-refractivity contribution in [1.29, 1.82) is 0 Å². The Hall–Kier alpha value is -0.610. The standard InChI is InChI=1S/C11H25N3O/c1-6-9(4)14(5)7-10(11(12)15)13-8(2)3/h8-10,13H,6-7H2,1-5H3,(H2,12,15). The van der Waals surface area contributed by atoms with E-state index in [9.17, 15) is 4.79 Å². The van der Waals surface area contributed by atoms with Gasteiger partial charge in [-0.2, -0.15) is 0 Å². The van der Waals surface area contributed by atoms with Crippen molar-refractivity contribution in [3.8, 4) is 0 Å². The van der Waals surface area contributed by atoms with Crippen molar-refractivity contribution in [2.45, 2.75) is 52.2 Å². The quantitative estimate of drug-likeness (QED) is 0.653. The monoisotopic (exact) mass is 215 g/mol. The van der Waals surface area contributed by atoms with Crippen molar-refractivity contribution in [3.63, 3.8) is 0 Å². The summed E-state index contributed by atoms with van der Waals surface area (Å²) in [6, 6.07) is 0.484. The van der Waals surface area contributed by atoms with Crippen LogP contribution < -0.4 is 11.1 Å². The van der Waals surface area contributed by atoms with Crippen molar-refractivity contribution >= 4 is 5.91 Å². The number of likely N-dealkylation sites (N-methyl/N-ethyl adjacent to an activating group) is 1. The molecule has 1 amide bonds. The zero-order valence-corrected chi connectivity index (χ0v) is 10.6. The molecular formula is C11H25N3O. The van der Waals surface area contributed by atoms with Gasteiger partial charge in [-0.15, -0.1) is 0 Å². The summed E-state index contributed by atoms with van der Waals surface area (Å²) in [6.07, 6.45) is 1.07. The maximum atomic E-state index is 11.2. The lowest BCUT2D eigenvalue weighted by atomic mass is 10.2. The maximum Gasteiger partial charge on any atom is 0.235 e. The van der Waals surface area contributed by atoms with Crippen LogP contribution in [0.5, 0.6) is 0 Å². The summed E-state index contributed by atoms with van der Waals surface area (Å²) >= 11 is 0. The van der Waals surface area contributed by atoms with Crippen molar-refractivity contribution in [2.24, 2.45) is 5.73 Å². The molecule has 0 aliphatic heterocycles. The smallest absolute Gasteiger partial charge is 0.235 e. The number of nitrogens with zero attached hydrogens (tertiary/aromatic N) is 1. The van der Waals surface area contributed by atoms with E-state index in [4.69, 9.17) is 5.73 Å². The van der Waals surface area contributed by atoms with Crippen molar-refractivity contribution in [2.75, 3.05) is 13.6 Å². The molecule has 3 N–H and O–H groups in total. The van der Waals surface area contributed by atoms with E-state index in [-0.39, 0.29) is 18.0 Å². The van der Waals surface area contributed by atoms with Gasteiger partial charge in [0.05, 0.1) is 6.04 Å². The minimum atomic E-state index is -0.279. The summed E-state index contributed by atoms with van der Waals surface area (Å²) in [5.41, 5.74) is 5.35. The molecule has 90 valence electrons. The van der Waals surface area contributed by atoms with Crippen LogP contribution in [0.25, 0.3) is 0 Å².